The van der Waals surface area contributed by atoms with E-state index < -0.39 is 0 Å². The quantitative estimate of drug-likeness (QED) is 0.799. The number of hydrogen-bond donors (Lipinski definition) is 1. The summed E-state index contributed by atoms with van der Waals surface area (Å²) in [6, 6.07) is 13.6. The number of benzene rings is 1. The topological polar surface area (TPSA) is 55.1 Å². The van der Waals surface area contributed by atoms with E-state index in [2.05, 4.69) is 10.3 Å². The Bertz CT molecular complexity index is 764. The van der Waals surface area contributed by atoms with Gasteiger partial charge in [-0.2, -0.15) is 0 Å². The van der Waals surface area contributed by atoms with Gasteiger partial charge in [0.15, 0.2) is 0 Å². The summed E-state index contributed by atoms with van der Waals surface area (Å²) >= 11 is 0. The maximum Gasteiger partial charge on any atom is 0.226 e. The molecular weight excluding hydrogens is 264 g/mol. The molecule has 1 amide bonds. The zero-order valence-electron chi connectivity index (χ0n) is 11.8. The molecule has 0 aliphatic rings. The normalized spacial score (nSPS) is 10.7. The summed E-state index contributed by atoms with van der Waals surface area (Å²) in [4.78, 5) is 16.5. The van der Waals surface area contributed by atoms with Crippen molar-refractivity contribution >= 4 is 16.8 Å². The fourth-order valence-electron chi connectivity index (χ4n) is 2.26. The predicted molar refractivity (Wildman–Crippen MR) is 80.7 cm³/mol. The zero-order valence-corrected chi connectivity index (χ0v) is 11.8. The Morgan fingerprint density at radius 2 is 2.10 bits per heavy atom. The minimum atomic E-state index is -0.0631. The fraction of sp³-hybridized carbons (Fsp3) is 0.176. The molecule has 4 nitrogen and oxygen atoms in total. The highest BCUT2D eigenvalue weighted by Gasteiger charge is 2.07. The van der Waals surface area contributed by atoms with Crippen molar-refractivity contribution in [2.75, 3.05) is 0 Å². The predicted octanol–water partition coefficient (Wildman–Crippen LogP) is 3.00. The molecule has 4 heteroatoms. The molecule has 3 aromatic rings. The summed E-state index contributed by atoms with van der Waals surface area (Å²) in [5.74, 6) is 0.678. The van der Waals surface area contributed by atoms with Crippen LogP contribution in [-0.4, -0.2) is 10.9 Å². The highest BCUT2D eigenvalue weighted by atomic mass is 16.3. The second kappa shape index (κ2) is 5.79. The highest BCUT2D eigenvalue weighted by Crippen LogP contribution is 2.16. The van der Waals surface area contributed by atoms with Gasteiger partial charge in [0.1, 0.15) is 5.76 Å². The van der Waals surface area contributed by atoms with E-state index in [1.54, 1.807) is 12.3 Å². The smallest absolute Gasteiger partial charge is 0.226 e. The van der Waals surface area contributed by atoms with E-state index in [1.165, 1.54) is 0 Å². The summed E-state index contributed by atoms with van der Waals surface area (Å²) in [5, 5.41) is 3.92. The van der Waals surface area contributed by atoms with Crippen molar-refractivity contribution in [3.63, 3.8) is 0 Å². The van der Waals surface area contributed by atoms with Gasteiger partial charge in [0.05, 0.1) is 30.4 Å². The van der Waals surface area contributed by atoms with Gasteiger partial charge in [-0.15, -0.1) is 0 Å². The number of nitrogens with one attached hydrogen (secondary N) is 1. The van der Waals surface area contributed by atoms with Crippen LogP contribution in [0.5, 0.6) is 0 Å². The van der Waals surface area contributed by atoms with Crippen molar-refractivity contribution in [2.45, 2.75) is 19.9 Å². The molecule has 2 aromatic heterocycles. The molecule has 0 aliphatic heterocycles. The van der Waals surface area contributed by atoms with E-state index in [1.807, 2.05) is 43.3 Å². The first-order valence-electron chi connectivity index (χ1n) is 6.87. The number of aromatic nitrogens is 1. The lowest BCUT2D eigenvalue weighted by Crippen LogP contribution is -2.24. The molecule has 21 heavy (non-hydrogen) atoms. The molecule has 0 bridgehead atoms. The van der Waals surface area contributed by atoms with Gasteiger partial charge in [-0.3, -0.25) is 9.78 Å². The standard InChI is InChI=1S/C17H16N2O2/c1-12-4-2-5-13-7-8-14(19-17(12)13)10-16(20)18-11-15-6-3-9-21-15/h2-9H,10-11H2,1H3,(H,18,20). The molecule has 0 radical (unpaired) electrons. The number of rotatable bonds is 4. The van der Waals surface area contributed by atoms with Crippen LogP contribution in [0.25, 0.3) is 10.9 Å². The second-order valence-corrected chi connectivity index (χ2v) is 4.98. The molecule has 0 aliphatic carbocycles. The lowest BCUT2D eigenvalue weighted by atomic mass is 10.1. The largest absolute Gasteiger partial charge is 0.467 e. The molecular formula is C17H16N2O2. The first-order chi connectivity index (χ1) is 10.2. The Kier molecular flexibility index (Phi) is 3.69. The third kappa shape index (κ3) is 3.11. The van der Waals surface area contributed by atoms with E-state index in [9.17, 15) is 4.79 Å². The van der Waals surface area contributed by atoms with Crippen LogP contribution in [0.1, 0.15) is 17.0 Å². The maximum atomic E-state index is 11.9. The number of nitrogens with zero attached hydrogens (tertiary/aromatic N) is 1. The number of carbonyl (C=O) groups is 1. The monoisotopic (exact) mass is 280 g/mol. The highest BCUT2D eigenvalue weighted by molar-refractivity contribution is 5.83. The van der Waals surface area contributed by atoms with Crippen molar-refractivity contribution in [1.29, 1.82) is 0 Å². The zero-order chi connectivity index (χ0) is 14.7. The van der Waals surface area contributed by atoms with Crippen LogP contribution in [0.3, 0.4) is 0 Å². The van der Waals surface area contributed by atoms with Crippen molar-refractivity contribution in [1.82, 2.24) is 10.3 Å². The number of fused-ring (bicyclic) bond motifs is 1. The second-order valence-electron chi connectivity index (χ2n) is 4.98. The number of hydrogen-bond acceptors (Lipinski definition) is 3. The van der Waals surface area contributed by atoms with Gasteiger partial charge in [0.2, 0.25) is 5.91 Å². The van der Waals surface area contributed by atoms with Crippen LogP contribution in [0.2, 0.25) is 0 Å². The maximum absolute atomic E-state index is 11.9. The first kappa shape index (κ1) is 13.4. The van der Waals surface area contributed by atoms with Gasteiger partial charge in [0, 0.05) is 5.39 Å². The lowest BCUT2D eigenvalue weighted by molar-refractivity contribution is -0.120. The van der Waals surface area contributed by atoms with Gasteiger partial charge in [-0.1, -0.05) is 24.3 Å². The van der Waals surface area contributed by atoms with Crippen LogP contribution in [0, 0.1) is 6.92 Å². The third-order valence-corrected chi connectivity index (χ3v) is 3.36. The number of pyridine rings is 1. The van der Waals surface area contributed by atoms with E-state index in [4.69, 9.17) is 4.42 Å². The van der Waals surface area contributed by atoms with Gasteiger partial charge in [-0.25, -0.2) is 0 Å². The molecule has 1 aromatic carbocycles. The van der Waals surface area contributed by atoms with Gasteiger partial charge < -0.3 is 9.73 Å². The summed E-state index contributed by atoms with van der Waals surface area (Å²) in [5.41, 5.74) is 2.84. The van der Waals surface area contributed by atoms with Crippen LogP contribution in [0.4, 0.5) is 0 Å². The van der Waals surface area contributed by atoms with Gasteiger partial charge >= 0.3 is 0 Å². The Hall–Kier alpha value is -2.62. The lowest BCUT2D eigenvalue weighted by Gasteiger charge is -2.06. The molecule has 0 unspecified atom stereocenters. The first-order valence-corrected chi connectivity index (χ1v) is 6.87. The van der Waals surface area contributed by atoms with E-state index in [-0.39, 0.29) is 12.3 Å². The van der Waals surface area contributed by atoms with Gasteiger partial charge in [0.25, 0.3) is 0 Å². The summed E-state index contributed by atoms with van der Waals surface area (Å²) in [6.45, 7) is 2.43. The SMILES string of the molecule is Cc1cccc2ccc(CC(=O)NCc3ccco3)nc12. The third-order valence-electron chi connectivity index (χ3n) is 3.36. The molecule has 0 spiro atoms. The molecule has 0 atom stereocenters. The number of furan rings is 1. The Morgan fingerprint density at radius 3 is 2.90 bits per heavy atom. The molecule has 2 heterocycles. The minimum absolute atomic E-state index is 0.0631. The number of para-hydroxylation sites is 1. The van der Waals surface area contributed by atoms with Crippen LogP contribution in [0.15, 0.2) is 53.1 Å². The van der Waals surface area contributed by atoms with Crippen LogP contribution in [-0.2, 0) is 17.8 Å². The Labute approximate surface area is 122 Å². The average molecular weight is 280 g/mol. The minimum Gasteiger partial charge on any atom is -0.467 e. The summed E-state index contributed by atoms with van der Waals surface area (Å²) in [7, 11) is 0. The van der Waals surface area contributed by atoms with Crippen molar-refractivity contribution < 1.29 is 9.21 Å². The molecule has 0 fully saturated rings. The summed E-state index contributed by atoms with van der Waals surface area (Å²) < 4.78 is 5.18. The van der Waals surface area contributed by atoms with Gasteiger partial charge in [-0.05, 0) is 30.7 Å². The fourth-order valence-corrected chi connectivity index (χ4v) is 2.26. The van der Waals surface area contributed by atoms with E-state index in [0.717, 1.165) is 27.9 Å². The molecule has 106 valence electrons. The average Bonchev–Trinajstić information content (AvgIpc) is 2.99. The molecule has 0 saturated heterocycles. The van der Waals surface area contributed by atoms with Crippen LogP contribution >= 0.6 is 0 Å². The van der Waals surface area contributed by atoms with Crippen molar-refractivity contribution in [3.05, 3.63) is 65.7 Å². The number of carbonyl (C=O) groups excluding carboxylic acids is 1. The Balaban J connectivity index is 1.69. The molecule has 1 N–H and O–H groups in total. The van der Waals surface area contributed by atoms with E-state index >= 15 is 0 Å². The van der Waals surface area contributed by atoms with E-state index in [0.29, 0.717) is 6.54 Å². The number of aryl methyl sites for hydroxylation is 1. The van der Waals surface area contributed by atoms with Crippen molar-refractivity contribution in [2.24, 2.45) is 0 Å². The summed E-state index contributed by atoms with van der Waals surface area (Å²) in [6.07, 6.45) is 1.86. The van der Waals surface area contributed by atoms with Crippen LogP contribution < -0.4 is 5.32 Å². The van der Waals surface area contributed by atoms with Crippen molar-refractivity contribution in [3.8, 4) is 0 Å². The molecule has 0 saturated carbocycles. The Morgan fingerprint density at radius 1 is 1.19 bits per heavy atom. The number of amides is 1. The molecule has 3 rings (SSSR count).